The van der Waals surface area contributed by atoms with E-state index < -0.39 is 6.23 Å². The first kappa shape index (κ1) is 19.1. The van der Waals surface area contributed by atoms with Gasteiger partial charge in [-0.3, -0.25) is 4.79 Å². The van der Waals surface area contributed by atoms with Crippen molar-refractivity contribution in [1.29, 1.82) is 0 Å². The van der Waals surface area contributed by atoms with Crippen molar-refractivity contribution in [2.75, 3.05) is 38.1 Å². The van der Waals surface area contributed by atoms with E-state index >= 15 is 0 Å². The van der Waals surface area contributed by atoms with Gasteiger partial charge in [-0.05, 0) is 20.8 Å². The van der Waals surface area contributed by atoms with Gasteiger partial charge in [0.1, 0.15) is 6.54 Å². The summed E-state index contributed by atoms with van der Waals surface area (Å²) in [5.74, 6) is -0.0731. The highest BCUT2D eigenvalue weighted by molar-refractivity contribution is 9.09. The molecule has 1 atom stereocenters. The van der Waals surface area contributed by atoms with Gasteiger partial charge in [-0.2, -0.15) is 0 Å². The first-order valence-electron chi connectivity index (χ1n) is 7.97. The summed E-state index contributed by atoms with van der Waals surface area (Å²) in [4.78, 5) is 11.7. The number of nitrogens with zero attached hydrogens (tertiary/aromatic N) is 1. The second-order valence-electron chi connectivity index (χ2n) is 5.38. The molecule has 1 rings (SSSR count). The van der Waals surface area contributed by atoms with Crippen molar-refractivity contribution in [2.24, 2.45) is 0 Å². The number of alkyl halides is 1. The van der Waals surface area contributed by atoms with E-state index in [-0.39, 0.29) is 11.2 Å². The van der Waals surface area contributed by atoms with E-state index in [1.807, 2.05) is 30.3 Å². The summed E-state index contributed by atoms with van der Waals surface area (Å²) in [6.07, 6.45) is -0.390. The molecule has 0 aliphatic carbocycles. The van der Waals surface area contributed by atoms with Crippen LogP contribution >= 0.6 is 15.9 Å². The van der Waals surface area contributed by atoms with Crippen LogP contribution < -0.4 is 5.32 Å². The minimum Gasteiger partial charge on any atom is -0.348 e. The lowest BCUT2D eigenvalue weighted by atomic mass is 10.2. The Morgan fingerprint density at radius 2 is 1.77 bits per heavy atom. The third-order valence-corrected chi connectivity index (χ3v) is 4.89. The van der Waals surface area contributed by atoms with Crippen LogP contribution in [0.5, 0.6) is 0 Å². The van der Waals surface area contributed by atoms with Crippen molar-refractivity contribution in [3.05, 3.63) is 35.9 Å². The normalized spacial score (nSPS) is 12.9. The molecule has 0 aliphatic rings. The van der Waals surface area contributed by atoms with E-state index in [1.165, 1.54) is 0 Å². The summed E-state index contributed by atoms with van der Waals surface area (Å²) in [5, 5.41) is 3.18. The molecule has 0 fully saturated rings. The van der Waals surface area contributed by atoms with E-state index in [0.29, 0.717) is 6.61 Å². The van der Waals surface area contributed by atoms with Gasteiger partial charge in [0.05, 0.1) is 31.6 Å². The number of quaternary nitrogens is 1. The highest BCUT2D eigenvalue weighted by Gasteiger charge is 2.22. The average molecular weight is 372 g/mol. The van der Waals surface area contributed by atoms with E-state index in [1.54, 1.807) is 0 Å². The van der Waals surface area contributed by atoms with Crippen molar-refractivity contribution in [2.45, 2.75) is 27.0 Å². The van der Waals surface area contributed by atoms with Crippen LogP contribution in [0.3, 0.4) is 0 Å². The summed E-state index contributed by atoms with van der Waals surface area (Å²) < 4.78 is 7.03. The second-order valence-corrected chi connectivity index (χ2v) is 5.94. The molecule has 0 heterocycles. The van der Waals surface area contributed by atoms with Crippen molar-refractivity contribution in [3.63, 3.8) is 0 Å². The van der Waals surface area contributed by atoms with Crippen LogP contribution in [0, 0.1) is 0 Å². The molecular weight excluding hydrogens is 344 g/mol. The number of benzene rings is 1. The van der Waals surface area contributed by atoms with Gasteiger partial charge in [0.15, 0.2) is 6.23 Å². The van der Waals surface area contributed by atoms with Gasteiger partial charge in [-0.25, -0.2) is 0 Å². The number of halogens is 1. The number of rotatable bonds is 10. The van der Waals surface area contributed by atoms with Crippen LogP contribution in [0.25, 0.3) is 0 Å². The standard InChI is InChI=1S/C17H27BrN2O2/c1-4-20(5-2,6-3)12-13-22-17(19-16(21)14-18)15-10-8-7-9-11-15/h7-11,17H,4-6,12-14H2,1-3H3/p+1. The molecule has 1 amide bonds. The predicted molar refractivity (Wildman–Crippen MR) is 93.8 cm³/mol. The number of nitrogens with one attached hydrogen (secondary N) is 1. The molecule has 1 unspecified atom stereocenters. The Bertz CT molecular complexity index is 427. The fourth-order valence-corrected chi connectivity index (χ4v) is 2.71. The number of amides is 1. The predicted octanol–water partition coefficient (Wildman–Crippen LogP) is 3.09. The quantitative estimate of drug-likeness (QED) is 0.389. The third-order valence-electron chi connectivity index (χ3n) is 4.38. The summed E-state index contributed by atoms with van der Waals surface area (Å²) in [5.41, 5.74) is 0.972. The number of carbonyl (C=O) groups is 1. The zero-order chi connectivity index (χ0) is 16.4. The molecule has 22 heavy (non-hydrogen) atoms. The average Bonchev–Trinajstić information content (AvgIpc) is 2.58. The SMILES string of the molecule is CC[N+](CC)(CC)CCOC(NC(=O)CBr)c1ccccc1. The minimum absolute atomic E-state index is 0.0731. The lowest BCUT2D eigenvalue weighted by molar-refractivity contribution is -0.923. The van der Waals surface area contributed by atoms with Crippen LogP contribution in [0.2, 0.25) is 0 Å². The van der Waals surface area contributed by atoms with Crippen LogP contribution in [-0.4, -0.2) is 48.5 Å². The monoisotopic (exact) mass is 371 g/mol. The topological polar surface area (TPSA) is 38.3 Å². The lowest BCUT2D eigenvalue weighted by Crippen LogP contribution is -2.50. The summed E-state index contributed by atoms with van der Waals surface area (Å²) in [7, 11) is 0. The van der Waals surface area contributed by atoms with Gasteiger partial charge in [-0.1, -0.05) is 46.3 Å². The van der Waals surface area contributed by atoms with Gasteiger partial charge in [-0.15, -0.1) is 0 Å². The third kappa shape index (κ3) is 5.71. The Balaban J connectivity index is 2.67. The Labute approximate surface area is 142 Å². The molecule has 1 aromatic carbocycles. The maximum absolute atomic E-state index is 11.7. The van der Waals surface area contributed by atoms with Gasteiger partial charge in [0, 0.05) is 5.56 Å². The summed E-state index contributed by atoms with van der Waals surface area (Å²) in [6, 6.07) is 9.81. The van der Waals surface area contributed by atoms with Gasteiger partial charge in [0.2, 0.25) is 5.91 Å². The Hall–Kier alpha value is -0.910. The Morgan fingerprint density at radius 3 is 2.27 bits per heavy atom. The fraction of sp³-hybridized carbons (Fsp3) is 0.588. The van der Waals surface area contributed by atoms with E-state index in [0.717, 1.165) is 36.2 Å². The first-order chi connectivity index (χ1) is 10.6. The molecule has 0 spiro atoms. The minimum atomic E-state index is -0.390. The van der Waals surface area contributed by atoms with Gasteiger partial charge < -0.3 is 14.5 Å². The maximum Gasteiger partial charge on any atom is 0.232 e. The highest BCUT2D eigenvalue weighted by atomic mass is 79.9. The molecule has 1 aromatic rings. The lowest BCUT2D eigenvalue weighted by Gasteiger charge is -2.36. The largest absolute Gasteiger partial charge is 0.348 e. The molecule has 0 aliphatic heterocycles. The molecule has 0 saturated carbocycles. The van der Waals surface area contributed by atoms with E-state index in [4.69, 9.17) is 4.74 Å². The number of hydrogen-bond donors (Lipinski definition) is 1. The van der Waals surface area contributed by atoms with Gasteiger partial charge in [0.25, 0.3) is 0 Å². The van der Waals surface area contributed by atoms with Crippen molar-refractivity contribution < 1.29 is 14.0 Å². The Kier molecular flexibility index (Phi) is 8.68. The summed E-state index contributed by atoms with van der Waals surface area (Å²) >= 11 is 3.18. The fourth-order valence-electron chi connectivity index (χ4n) is 2.54. The molecule has 0 aromatic heterocycles. The zero-order valence-electron chi connectivity index (χ0n) is 13.8. The molecule has 5 heteroatoms. The highest BCUT2D eigenvalue weighted by Crippen LogP contribution is 2.15. The van der Waals surface area contributed by atoms with Crippen molar-refractivity contribution >= 4 is 21.8 Å². The van der Waals surface area contributed by atoms with Crippen LogP contribution in [0.1, 0.15) is 32.6 Å². The first-order valence-corrected chi connectivity index (χ1v) is 9.10. The summed E-state index contributed by atoms with van der Waals surface area (Å²) in [6.45, 7) is 11.5. The zero-order valence-corrected chi connectivity index (χ0v) is 15.4. The number of likely N-dealkylation sites (N-methyl/N-ethyl adjacent to an activating group) is 1. The molecule has 0 saturated heterocycles. The number of hydrogen-bond acceptors (Lipinski definition) is 2. The molecule has 4 nitrogen and oxygen atoms in total. The molecule has 124 valence electrons. The Morgan fingerprint density at radius 1 is 1.18 bits per heavy atom. The van der Waals surface area contributed by atoms with Gasteiger partial charge >= 0.3 is 0 Å². The van der Waals surface area contributed by atoms with E-state index in [9.17, 15) is 4.79 Å². The van der Waals surface area contributed by atoms with Crippen molar-refractivity contribution in [3.8, 4) is 0 Å². The van der Waals surface area contributed by atoms with Crippen LogP contribution in [-0.2, 0) is 9.53 Å². The maximum atomic E-state index is 11.7. The van der Waals surface area contributed by atoms with Crippen LogP contribution in [0.4, 0.5) is 0 Å². The van der Waals surface area contributed by atoms with Crippen LogP contribution in [0.15, 0.2) is 30.3 Å². The molecule has 0 bridgehead atoms. The molecule has 1 N–H and O–H groups in total. The van der Waals surface area contributed by atoms with E-state index in [2.05, 4.69) is 42.0 Å². The number of carbonyl (C=O) groups excluding carboxylic acids is 1. The second kappa shape index (κ2) is 9.98. The number of ether oxygens (including phenoxy) is 1. The molecular formula is C17H28BrN2O2+. The van der Waals surface area contributed by atoms with Crippen molar-refractivity contribution in [1.82, 2.24) is 5.32 Å². The smallest absolute Gasteiger partial charge is 0.232 e. The molecule has 0 radical (unpaired) electrons.